The van der Waals surface area contributed by atoms with Gasteiger partial charge in [-0.25, -0.2) is 9.07 Å². The largest absolute Gasteiger partial charge is 0.408 e. The molecular formula is C26H34F4N10O3. The number of rotatable bonds is 10. The Kier molecular flexibility index (Phi) is 8.54. The normalized spacial score (nSPS) is 22.7. The molecule has 2 N–H and O–H groups in total. The van der Waals surface area contributed by atoms with Crippen molar-refractivity contribution in [3.63, 3.8) is 0 Å². The molecule has 1 aliphatic heterocycles. The molecule has 1 saturated heterocycles. The number of halogens is 4. The van der Waals surface area contributed by atoms with E-state index in [1.807, 2.05) is 13.8 Å². The van der Waals surface area contributed by atoms with Crippen LogP contribution < -0.4 is 10.6 Å². The van der Waals surface area contributed by atoms with E-state index in [9.17, 15) is 27.2 Å². The Morgan fingerprint density at radius 2 is 1.88 bits per heavy atom. The molecule has 4 heterocycles. The summed E-state index contributed by atoms with van der Waals surface area (Å²) in [5, 5.41) is 24.9. The van der Waals surface area contributed by atoms with Crippen LogP contribution >= 0.6 is 0 Å². The van der Waals surface area contributed by atoms with Crippen molar-refractivity contribution >= 4 is 17.5 Å². The summed E-state index contributed by atoms with van der Waals surface area (Å²) in [5.74, 6) is -1.64. The van der Waals surface area contributed by atoms with Crippen LogP contribution in [0.5, 0.6) is 0 Å². The quantitative estimate of drug-likeness (QED) is 0.333. The molecule has 2 fully saturated rings. The number of aromatic nitrogens is 8. The minimum atomic E-state index is -4.54. The molecular weight excluding hydrogens is 576 g/mol. The van der Waals surface area contributed by atoms with E-state index in [1.54, 1.807) is 10.7 Å². The first-order chi connectivity index (χ1) is 20.3. The summed E-state index contributed by atoms with van der Waals surface area (Å²) in [5.41, 5.74) is -0.808. The SMILES string of the molecule is CC(C)n1nccc1C(=O)N[C@H](C(=O)Nc1cnn(C(c2nnnn2CC(F)(F)F)C2COC2)c1)C1CCC(C)(F)CC1. The van der Waals surface area contributed by atoms with E-state index in [4.69, 9.17) is 4.74 Å². The van der Waals surface area contributed by atoms with Crippen LogP contribution in [0.1, 0.15) is 74.9 Å². The van der Waals surface area contributed by atoms with Crippen LogP contribution in [-0.2, 0) is 16.1 Å². The summed E-state index contributed by atoms with van der Waals surface area (Å²) in [6, 6.07) is -0.312. The van der Waals surface area contributed by atoms with Gasteiger partial charge in [-0.1, -0.05) is 0 Å². The maximum atomic E-state index is 14.6. The molecule has 1 saturated carbocycles. The lowest BCUT2D eigenvalue weighted by Crippen LogP contribution is -2.50. The fourth-order valence-corrected chi connectivity index (χ4v) is 5.56. The summed E-state index contributed by atoms with van der Waals surface area (Å²) in [4.78, 5) is 26.9. The van der Waals surface area contributed by atoms with Crippen LogP contribution in [0, 0.1) is 11.8 Å². The third-order valence-electron chi connectivity index (χ3n) is 7.92. The maximum Gasteiger partial charge on any atom is 0.408 e. The molecule has 5 rings (SSSR count). The minimum Gasteiger partial charge on any atom is -0.380 e. The van der Waals surface area contributed by atoms with Crippen molar-refractivity contribution < 1.29 is 31.9 Å². The molecule has 1 unspecified atom stereocenters. The maximum absolute atomic E-state index is 14.6. The molecule has 3 aromatic heterocycles. The summed E-state index contributed by atoms with van der Waals surface area (Å²) in [7, 11) is 0. The molecule has 0 bridgehead atoms. The third kappa shape index (κ3) is 7.02. The van der Waals surface area contributed by atoms with E-state index >= 15 is 0 Å². The molecule has 43 heavy (non-hydrogen) atoms. The van der Waals surface area contributed by atoms with Crippen molar-refractivity contribution in [2.45, 2.75) is 83.0 Å². The average Bonchev–Trinajstić information content (AvgIpc) is 3.65. The molecule has 17 heteroatoms. The van der Waals surface area contributed by atoms with Gasteiger partial charge >= 0.3 is 6.18 Å². The van der Waals surface area contributed by atoms with Gasteiger partial charge in [-0.2, -0.15) is 23.4 Å². The van der Waals surface area contributed by atoms with E-state index in [1.165, 1.54) is 30.2 Å². The number of alkyl halides is 4. The number of nitrogens with zero attached hydrogens (tertiary/aromatic N) is 8. The lowest BCUT2D eigenvalue weighted by atomic mass is 9.77. The summed E-state index contributed by atoms with van der Waals surface area (Å²) >= 11 is 0. The van der Waals surface area contributed by atoms with E-state index in [2.05, 4.69) is 36.4 Å². The number of hydrogen-bond acceptors (Lipinski definition) is 8. The van der Waals surface area contributed by atoms with Crippen LogP contribution in [0.3, 0.4) is 0 Å². The molecule has 2 amide bonds. The number of ether oxygens (including phenoxy) is 1. The highest BCUT2D eigenvalue weighted by molar-refractivity contribution is 6.00. The number of anilines is 1. The first-order valence-electron chi connectivity index (χ1n) is 14.1. The Hall–Kier alpha value is -3.89. The fourth-order valence-electron chi connectivity index (χ4n) is 5.56. The molecule has 13 nitrogen and oxygen atoms in total. The summed E-state index contributed by atoms with van der Waals surface area (Å²) in [6.45, 7) is 4.43. The monoisotopic (exact) mass is 610 g/mol. The van der Waals surface area contributed by atoms with Gasteiger partial charge < -0.3 is 15.4 Å². The Balaban J connectivity index is 1.36. The van der Waals surface area contributed by atoms with Crippen LogP contribution in [-0.4, -0.2) is 82.7 Å². The highest BCUT2D eigenvalue weighted by atomic mass is 19.4. The lowest BCUT2D eigenvalue weighted by Gasteiger charge is -2.35. The van der Waals surface area contributed by atoms with Gasteiger partial charge in [-0.15, -0.1) is 5.10 Å². The average molecular weight is 611 g/mol. The van der Waals surface area contributed by atoms with Crippen molar-refractivity contribution in [3.05, 3.63) is 36.2 Å². The van der Waals surface area contributed by atoms with Gasteiger partial charge in [0.25, 0.3) is 5.91 Å². The number of hydrogen-bond donors (Lipinski definition) is 2. The third-order valence-corrected chi connectivity index (χ3v) is 7.92. The Labute approximate surface area is 244 Å². The second-order valence-electron chi connectivity index (χ2n) is 11.7. The first kappa shape index (κ1) is 30.6. The van der Waals surface area contributed by atoms with Crippen molar-refractivity contribution in [2.24, 2.45) is 11.8 Å². The molecule has 1 aliphatic carbocycles. The Bertz CT molecular complexity index is 1420. The van der Waals surface area contributed by atoms with Gasteiger partial charge in [0.15, 0.2) is 5.82 Å². The second-order valence-corrected chi connectivity index (χ2v) is 11.7. The highest BCUT2D eigenvalue weighted by Gasteiger charge is 2.40. The van der Waals surface area contributed by atoms with E-state index in [0.29, 0.717) is 17.5 Å². The standard InChI is InChI=1S/C26H34F4N10O3/c1-15(2)40-19(6-9-31-40)23(41)34-20(16-4-7-25(3,27)8-5-16)24(42)33-18-10-32-38(11-18)21(17-12-43-13-17)22-35-36-37-39(22)14-26(28,29)30/h6,9-11,15-17,20-21H,4-5,7-8,12-14H2,1-3H3,(H,33,42)(H,34,41)/t16?,20-,21?,25?/m0/s1. The van der Waals surface area contributed by atoms with Gasteiger partial charge in [-0.3, -0.25) is 19.0 Å². The zero-order chi connectivity index (χ0) is 30.9. The molecule has 2 atom stereocenters. The van der Waals surface area contributed by atoms with E-state index in [0.717, 1.165) is 0 Å². The number of amides is 2. The second kappa shape index (κ2) is 12.0. The number of carbonyl (C=O) groups is 2. The molecule has 0 aromatic carbocycles. The predicted octanol–water partition coefficient (Wildman–Crippen LogP) is 3.10. The molecule has 2 aliphatic rings. The Morgan fingerprint density at radius 1 is 1.16 bits per heavy atom. The van der Waals surface area contributed by atoms with Crippen molar-refractivity contribution in [3.8, 4) is 0 Å². The molecule has 0 spiro atoms. The molecule has 0 radical (unpaired) electrons. The summed E-state index contributed by atoms with van der Waals surface area (Å²) < 4.78 is 63.0. The zero-order valence-electron chi connectivity index (χ0n) is 24.0. The van der Waals surface area contributed by atoms with E-state index in [-0.39, 0.29) is 61.1 Å². The zero-order valence-corrected chi connectivity index (χ0v) is 24.0. The number of nitrogens with one attached hydrogen (secondary N) is 2. The van der Waals surface area contributed by atoms with Gasteiger partial charge in [0, 0.05) is 24.4 Å². The topological polar surface area (TPSA) is 147 Å². The van der Waals surface area contributed by atoms with Gasteiger partial charge in [0.2, 0.25) is 5.91 Å². The first-order valence-corrected chi connectivity index (χ1v) is 14.1. The van der Waals surface area contributed by atoms with Gasteiger partial charge in [-0.05, 0) is 68.9 Å². The summed E-state index contributed by atoms with van der Waals surface area (Å²) in [6.07, 6.45) is 1.06. The van der Waals surface area contributed by atoms with Crippen LogP contribution in [0.4, 0.5) is 23.2 Å². The number of carbonyl (C=O) groups excluding carboxylic acids is 2. The minimum absolute atomic E-state index is 0.0463. The van der Waals surface area contributed by atoms with Crippen LogP contribution in [0.2, 0.25) is 0 Å². The van der Waals surface area contributed by atoms with Crippen LogP contribution in [0.25, 0.3) is 0 Å². The van der Waals surface area contributed by atoms with Crippen LogP contribution in [0.15, 0.2) is 24.7 Å². The van der Waals surface area contributed by atoms with Crippen molar-refractivity contribution in [1.82, 2.24) is 45.1 Å². The predicted molar refractivity (Wildman–Crippen MR) is 143 cm³/mol. The number of tetrazole rings is 1. The molecule has 3 aromatic rings. The Morgan fingerprint density at radius 3 is 2.51 bits per heavy atom. The fraction of sp³-hybridized carbons (Fsp3) is 0.654. The molecule has 234 valence electrons. The smallest absolute Gasteiger partial charge is 0.380 e. The van der Waals surface area contributed by atoms with Gasteiger partial charge in [0.1, 0.15) is 30.0 Å². The van der Waals surface area contributed by atoms with Crippen molar-refractivity contribution in [1.29, 1.82) is 0 Å². The van der Waals surface area contributed by atoms with E-state index < -0.39 is 42.3 Å². The highest BCUT2D eigenvalue weighted by Crippen LogP contribution is 2.37. The van der Waals surface area contributed by atoms with Crippen molar-refractivity contribution in [2.75, 3.05) is 18.5 Å². The van der Waals surface area contributed by atoms with Gasteiger partial charge in [0.05, 0.1) is 25.1 Å². The lowest BCUT2D eigenvalue weighted by molar-refractivity contribution is -0.144.